The molecule has 3 N–H and O–H groups in total. The number of rotatable bonds is 5. The van der Waals surface area contributed by atoms with Gasteiger partial charge in [-0.1, -0.05) is 0 Å². The highest BCUT2D eigenvalue weighted by molar-refractivity contribution is 9.10. The van der Waals surface area contributed by atoms with Crippen molar-refractivity contribution in [3.05, 3.63) is 15.9 Å². The Labute approximate surface area is 123 Å². The molecule has 5 nitrogen and oxygen atoms in total. The lowest BCUT2D eigenvalue weighted by molar-refractivity contribution is 0.00513. The highest BCUT2D eigenvalue weighted by atomic mass is 79.9. The van der Waals surface area contributed by atoms with E-state index in [1.54, 1.807) is 0 Å². The van der Waals surface area contributed by atoms with Gasteiger partial charge in [0, 0.05) is 26.1 Å². The molecule has 19 heavy (non-hydrogen) atoms. The van der Waals surface area contributed by atoms with E-state index in [4.69, 9.17) is 10.6 Å². The topological polar surface area (TPSA) is 65.1 Å². The van der Waals surface area contributed by atoms with E-state index in [-0.39, 0.29) is 6.04 Å². The first-order valence-corrected chi connectivity index (χ1v) is 7.66. The highest BCUT2D eigenvalue weighted by Crippen LogP contribution is 2.24. The number of nitrogens with two attached hydrogens (primary N) is 1. The molecular formula is C13H23BrN4O. The number of nitrogens with zero attached hydrogens (tertiary/aromatic N) is 2. The number of nitrogens with one attached hydrogen (secondary N) is 1. The van der Waals surface area contributed by atoms with E-state index in [0.29, 0.717) is 6.10 Å². The summed E-state index contributed by atoms with van der Waals surface area (Å²) in [6.45, 7) is 2.89. The van der Waals surface area contributed by atoms with Crippen molar-refractivity contribution in [1.82, 2.24) is 15.2 Å². The first kappa shape index (κ1) is 15.0. The third-order valence-corrected chi connectivity index (χ3v) is 4.79. The van der Waals surface area contributed by atoms with Gasteiger partial charge >= 0.3 is 0 Å². The molecule has 0 aromatic carbocycles. The van der Waals surface area contributed by atoms with Gasteiger partial charge in [-0.2, -0.15) is 5.10 Å². The van der Waals surface area contributed by atoms with Gasteiger partial charge in [0.25, 0.3) is 0 Å². The second-order valence-electron chi connectivity index (χ2n) is 5.26. The molecular weight excluding hydrogens is 308 g/mol. The maximum Gasteiger partial charge on any atom is 0.0738 e. The van der Waals surface area contributed by atoms with E-state index >= 15 is 0 Å². The van der Waals surface area contributed by atoms with Crippen LogP contribution in [0.1, 0.15) is 37.1 Å². The van der Waals surface area contributed by atoms with Crippen LogP contribution in [0.25, 0.3) is 0 Å². The van der Waals surface area contributed by atoms with E-state index in [9.17, 15) is 0 Å². The zero-order valence-corrected chi connectivity index (χ0v) is 13.2. The predicted molar refractivity (Wildman–Crippen MR) is 78.7 cm³/mol. The third-order valence-electron chi connectivity index (χ3n) is 3.76. The lowest BCUT2D eigenvalue weighted by Gasteiger charge is -2.26. The lowest BCUT2D eigenvalue weighted by atomic mass is 9.99. The number of hydrazine groups is 1. The Morgan fingerprint density at radius 3 is 2.89 bits per heavy atom. The molecule has 1 aromatic rings. The zero-order valence-electron chi connectivity index (χ0n) is 11.7. The molecule has 0 aliphatic carbocycles. The van der Waals surface area contributed by atoms with Gasteiger partial charge in [-0.25, -0.2) is 0 Å². The minimum absolute atomic E-state index is 0.217. The molecule has 2 rings (SSSR count). The predicted octanol–water partition coefficient (Wildman–Crippen LogP) is 1.82. The summed E-state index contributed by atoms with van der Waals surface area (Å²) in [5.74, 6) is 5.69. The van der Waals surface area contributed by atoms with Crippen molar-refractivity contribution < 1.29 is 4.74 Å². The molecule has 0 saturated carbocycles. The molecule has 1 aliphatic rings. The van der Waals surface area contributed by atoms with Crippen molar-refractivity contribution in [2.75, 3.05) is 6.61 Å². The third kappa shape index (κ3) is 3.78. The maximum atomic E-state index is 5.78. The smallest absolute Gasteiger partial charge is 0.0738 e. The van der Waals surface area contributed by atoms with Gasteiger partial charge in [0.05, 0.1) is 22.0 Å². The molecule has 2 unspecified atom stereocenters. The monoisotopic (exact) mass is 330 g/mol. The summed E-state index contributed by atoms with van der Waals surface area (Å²) in [5.41, 5.74) is 5.11. The van der Waals surface area contributed by atoms with Gasteiger partial charge in [0.1, 0.15) is 0 Å². The lowest BCUT2D eigenvalue weighted by Crippen LogP contribution is -2.40. The summed E-state index contributed by atoms with van der Waals surface area (Å²) in [6.07, 6.45) is 5.73. The van der Waals surface area contributed by atoms with Gasteiger partial charge in [0.2, 0.25) is 0 Å². The fraction of sp³-hybridized carbons (Fsp3) is 0.769. The van der Waals surface area contributed by atoms with E-state index in [1.807, 2.05) is 18.7 Å². The van der Waals surface area contributed by atoms with Crippen LogP contribution in [-0.2, 0) is 18.2 Å². The largest absolute Gasteiger partial charge is 0.378 e. The van der Waals surface area contributed by atoms with Gasteiger partial charge in [-0.05, 0) is 48.5 Å². The van der Waals surface area contributed by atoms with Crippen LogP contribution < -0.4 is 11.3 Å². The summed E-state index contributed by atoms with van der Waals surface area (Å²) in [5, 5.41) is 4.41. The molecule has 0 bridgehead atoms. The quantitative estimate of drug-likeness (QED) is 0.638. The highest BCUT2D eigenvalue weighted by Gasteiger charge is 2.21. The molecule has 0 spiro atoms. The Morgan fingerprint density at radius 2 is 2.37 bits per heavy atom. The second-order valence-corrected chi connectivity index (χ2v) is 6.05. The summed E-state index contributed by atoms with van der Waals surface area (Å²) < 4.78 is 8.79. The fourth-order valence-electron chi connectivity index (χ4n) is 2.66. The number of ether oxygens (including phenoxy) is 1. The van der Waals surface area contributed by atoms with Crippen molar-refractivity contribution >= 4 is 15.9 Å². The molecule has 1 fully saturated rings. The standard InChI is InChI=1S/C13H23BrN4O/c1-9-13(14)12(18(2)17-9)8-10(16-15)7-11-5-3-4-6-19-11/h10-11,16H,3-8,15H2,1-2H3. The maximum absolute atomic E-state index is 5.78. The van der Waals surface area contributed by atoms with Crippen molar-refractivity contribution in [3.63, 3.8) is 0 Å². The van der Waals surface area contributed by atoms with Crippen LogP contribution in [0.3, 0.4) is 0 Å². The molecule has 1 saturated heterocycles. The SMILES string of the molecule is Cc1nn(C)c(CC(CC2CCCCO2)NN)c1Br. The normalized spacial score (nSPS) is 21.6. The number of halogens is 1. The average Bonchev–Trinajstić information content (AvgIpc) is 2.65. The molecule has 2 atom stereocenters. The fourth-order valence-corrected chi connectivity index (χ4v) is 3.15. The van der Waals surface area contributed by atoms with E-state index < -0.39 is 0 Å². The Balaban J connectivity index is 1.98. The number of aryl methyl sites for hydroxylation is 2. The van der Waals surface area contributed by atoms with Crippen LogP contribution in [0.5, 0.6) is 0 Å². The Hall–Kier alpha value is -0.430. The minimum atomic E-state index is 0.217. The van der Waals surface area contributed by atoms with E-state index in [1.165, 1.54) is 18.5 Å². The van der Waals surface area contributed by atoms with Crippen LogP contribution in [0.15, 0.2) is 4.47 Å². The van der Waals surface area contributed by atoms with Crippen LogP contribution in [-0.4, -0.2) is 28.5 Å². The molecule has 1 aromatic heterocycles. The van der Waals surface area contributed by atoms with Gasteiger partial charge in [0.15, 0.2) is 0 Å². The van der Waals surface area contributed by atoms with Crippen LogP contribution in [0.4, 0.5) is 0 Å². The summed E-state index contributed by atoms with van der Waals surface area (Å²) >= 11 is 3.60. The molecule has 108 valence electrons. The van der Waals surface area contributed by atoms with Crippen LogP contribution in [0, 0.1) is 6.92 Å². The molecule has 2 heterocycles. The first-order chi connectivity index (χ1) is 9.11. The Morgan fingerprint density at radius 1 is 1.58 bits per heavy atom. The molecule has 0 radical (unpaired) electrons. The number of aromatic nitrogens is 2. The zero-order chi connectivity index (χ0) is 13.8. The second kappa shape index (κ2) is 6.83. The first-order valence-electron chi connectivity index (χ1n) is 6.87. The van der Waals surface area contributed by atoms with E-state index in [2.05, 4.69) is 26.5 Å². The summed E-state index contributed by atoms with van der Waals surface area (Å²) in [4.78, 5) is 0. The van der Waals surface area contributed by atoms with Crippen molar-refractivity contribution in [3.8, 4) is 0 Å². The average molecular weight is 331 g/mol. The summed E-state index contributed by atoms with van der Waals surface area (Å²) in [6, 6.07) is 0.217. The molecule has 1 aliphatic heterocycles. The van der Waals surface area contributed by atoms with Gasteiger partial charge in [-0.3, -0.25) is 16.0 Å². The van der Waals surface area contributed by atoms with E-state index in [0.717, 1.165) is 36.0 Å². The Kier molecular flexibility index (Phi) is 5.38. The van der Waals surface area contributed by atoms with Crippen molar-refractivity contribution in [1.29, 1.82) is 0 Å². The number of hydrogen-bond acceptors (Lipinski definition) is 4. The van der Waals surface area contributed by atoms with Crippen LogP contribution in [0.2, 0.25) is 0 Å². The number of hydrogen-bond donors (Lipinski definition) is 2. The van der Waals surface area contributed by atoms with Gasteiger partial charge in [-0.15, -0.1) is 0 Å². The molecule has 6 heteroatoms. The van der Waals surface area contributed by atoms with Crippen LogP contribution >= 0.6 is 15.9 Å². The van der Waals surface area contributed by atoms with Crippen molar-refractivity contribution in [2.24, 2.45) is 12.9 Å². The van der Waals surface area contributed by atoms with Crippen molar-refractivity contribution in [2.45, 2.75) is 51.2 Å². The Bertz CT molecular complexity index is 415. The van der Waals surface area contributed by atoms with Gasteiger partial charge < -0.3 is 4.74 Å². The minimum Gasteiger partial charge on any atom is -0.378 e. The summed E-state index contributed by atoms with van der Waals surface area (Å²) in [7, 11) is 1.97. The molecule has 0 amide bonds.